The van der Waals surface area contributed by atoms with Crippen LogP contribution in [0.5, 0.6) is 0 Å². The van der Waals surface area contributed by atoms with Crippen LogP contribution in [0.4, 0.5) is 0 Å². The molecule has 1 N–H and O–H groups in total. The molecule has 1 amide bonds. The zero-order valence-corrected chi connectivity index (χ0v) is 14.6. The van der Waals surface area contributed by atoms with Crippen molar-refractivity contribution < 1.29 is 14.7 Å². The molecule has 130 valence electrons. The van der Waals surface area contributed by atoms with E-state index < -0.39 is 12.0 Å². The lowest BCUT2D eigenvalue weighted by atomic mass is 9.76. The SMILES string of the molecule is O=C(O)C1CC2(CCN(C(=O)C3CC3)CC2)CN1Cc1cccs1. The predicted molar refractivity (Wildman–Crippen MR) is 91.7 cm³/mol. The van der Waals surface area contributed by atoms with Crippen LogP contribution in [0.15, 0.2) is 17.5 Å². The fraction of sp³-hybridized carbons (Fsp3) is 0.667. The second-order valence-corrected chi connectivity index (χ2v) is 8.67. The van der Waals surface area contributed by atoms with Crippen LogP contribution in [0.1, 0.15) is 37.0 Å². The summed E-state index contributed by atoms with van der Waals surface area (Å²) in [5.74, 6) is -0.0993. The summed E-state index contributed by atoms with van der Waals surface area (Å²) in [7, 11) is 0. The highest BCUT2D eigenvalue weighted by atomic mass is 32.1. The minimum atomic E-state index is -0.708. The van der Waals surface area contributed by atoms with Gasteiger partial charge in [-0.2, -0.15) is 0 Å². The Balaban J connectivity index is 1.42. The fourth-order valence-electron chi connectivity index (χ4n) is 4.31. The first-order valence-electron chi connectivity index (χ1n) is 8.84. The zero-order valence-electron chi connectivity index (χ0n) is 13.8. The van der Waals surface area contributed by atoms with Crippen molar-refractivity contribution in [2.45, 2.75) is 44.7 Å². The van der Waals surface area contributed by atoms with Gasteiger partial charge in [0.2, 0.25) is 5.91 Å². The Morgan fingerprint density at radius 2 is 2.04 bits per heavy atom. The number of carboxylic acid groups (broad SMARTS) is 1. The monoisotopic (exact) mass is 348 g/mol. The van der Waals surface area contributed by atoms with E-state index in [-0.39, 0.29) is 11.3 Å². The number of thiophene rings is 1. The lowest BCUT2D eigenvalue weighted by molar-refractivity contribution is -0.142. The van der Waals surface area contributed by atoms with Gasteiger partial charge in [0, 0.05) is 37.0 Å². The molecule has 4 rings (SSSR count). The lowest BCUT2D eigenvalue weighted by Gasteiger charge is -2.39. The topological polar surface area (TPSA) is 60.9 Å². The minimum absolute atomic E-state index is 0.0701. The maximum atomic E-state index is 12.2. The molecule has 3 heterocycles. The molecular formula is C18H24N2O3S. The summed E-state index contributed by atoms with van der Waals surface area (Å²) in [5.41, 5.74) is 0.0701. The van der Waals surface area contributed by atoms with Gasteiger partial charge in [0.15, 0.2) is 0 Å². The van der Waals surface area contributed by atoms with E-state index in [1.807, 2.05) is 16.3 Å². The van der Waals surface area contributed by atoms with Crippen molar-refractivity contribution in [2.24, 2.45) is 11.3 Å². The van der Waals surface area contributed by atoms with Gasteiger partial charge >= 0.3 is 5.97 Å². The van der Waals surface area contributed by atoms with Crippen LogP contribution in [-0.2, 0) is 16.1 Å². The lowest BCUT2D eigenvalue weighted by Crippen LogP contribution is -2.44. The van der Waals surface area contributed by atoms with E-state index in [4.69, 9.17) is 0 Å². The first kappa shape index (κ1) is 16.1. The second-order valence-electron chi connectivity index (χ2n) is 7.64. The molecule has 1 aromatic heterocycles. The van der Waals surface area contributed by atoms with E-state index in [0.717, 1.165) is 58.3 Å². The summed E-state index contributed by atoms with van der Waals surface area (Å²) in [6.07, 6.45) is 4.71. The number of piperidine rings is 1. The van der Waals surface area contributed by atoms with Gasteiger partial charge in [-0.15, -0.1) is 11.3 Å². The standard InChI is InChI=1S/C18H24N2O3S/c21-16(13-3-4-13)19-7-5-18(6-8-19)10-15(17(22)23)20(12-18)11-14-2-1-9-24-14/h1-2,9,13,15H,3-8,10-12H2,(H,22,23). The zero-order chi connectivity index (χ0) is 16.7. The molecular weight excluding hydrogens is 324 g/mol. The fourth-order valence-corrected chi connectivity index (χ4v) is 5.04. The Kier molecular flexibility index (Phi) is 4.12. The number of carbonyl (C=O) groups excluding carboxylic acids is 1. The third-order valence-corrected chi connectivity index (χ3v) is 6.75. The third kappa shape index (κ3) is 3.09. The molecule has 2 aliphatic heterocycles. The van der Waals surface area contributed by atoms with Crippen molar-refractivity contribution >= 4 is 23.2 Å². The van der Waals surface area contributed by atoms with Gasteiger partial charge in [-0.05, 0) is 49.0 Å². The van der Waals surface area contributed by atoms with Crippen molar-refractivity contribution in [1.82, 2.24) is 9.80 Å². The quantitative estimate of drug-likeness (QED) is 0.908. The van der Waals surface area contributed by atoms with E-state index in [9.17, 15) is 14.7 Å². The molecule has 1 unspecified atom stereocenters. The van der Waals surface area contributed by atoms with Crippen molar-refractivity contribution in [3.05, 3.63) is 22.4 Å². The Bertz CT molecular complexity index is 618. The summed E-state index contributed by atoms with van der Waals surface area (Å²) >= 11 is 1.69. The number of likely N-dealkylation sites (tertiary alicyclic amines) is 2. The number of carboxylic acids is 1. The number of nitrogens with zero attached hydrogens (tertiary/aromatic N) is 2. The molecule has 1 spiro atoms. The van der Waals surface area contributed by atoms with Gasteiger partial charge in [0.1, 0.15) is 6.04 Å². The Hall–Kier alpha value is -1.40. The van der Waals surface area contributed by atoms with Crippen molar-refractivity contribution in [3.8, 4) is 0 Å². The first-order chi connectivity index (χ1) is 11.6. The van der Waals surface area contributed by atoms with Crippen LogP contribution in [-0.4, -0.2) is 52.5 Å². The molecule has 3 fully saturated rings. The molecule has 0 radical (unpaired) electrons. The normalized spacial score (nSPS) is 26.8. The maximum absolute atomic E-state index is 12.2. The van der Waals surface area contributed by atoms with Gasteiger partial charge in [-0.1, -0.05) is 6.07 Å². The Labute approximate surface area is 146 Å². The minimum Gasteiger partial charge on any atom is -0.480 e. The van der Waals surface area contributed by atoms with Crippen LogP contribution in [0.3, 0.4) is 0 Å². The highest BCUT2D eigenvalue weighted by Crippen LogP contribution is 2.45. The second kappa shape index (κ2) is 6.15. The third-order valence-electron chi connectivity index (χ3n) is 5.89. The molecule has 5 nitrogen and oxygen atoms in total. The molecule has 1 saturated carbocycles. The largest absolute Gasteiger partial charge is 0.480 e. The number of rotatable bonds is 4. The maximum Gasteiger partial charge on any atom is 0.320 e. The number of carbonyl (C=O) groups is 2. The molecule has 0 aromatic carbocycles. The van der Waals surface area contributed by atoms with E-state index in [1.54, 1.807) is 11.3 Å². The highest BCUT2D eigenvalue weighted by molar-refractivity contribution is 7.09. The van der Waals surface area contributed by atoms with Crippen LogP contribution >= 0.6 is 11.3 Å². The number of aliphatic carboxylic acids is 1. The molecule has 1 aliphatic carbocycles. The number of hydrogen-bond acceptors (Lipinski definition) is 4. The van der Waals surface area contributed by atoms with E-state index >= 15 is 0 Å². The molecule has 6 heteroatoms. The highest BCUT2D eigenvalue weighted by Gasteiger charge is 2.49. The van der Waals surface area contributed by atoms with Gasteiger partial charge in [0.25, 0.3) is 0 Å². The van der Waals surface area contributed by atoms with E-state index in [1.165, 1.54) is 4.88 Å². The van der Waals surface area contributed by atoms with Crippen LogP contribution < -0.4 is 0 Å². The average Bonchev–Trinajstić information content (AvgIpc) is 3.19. The van der Waals surface area contributed by atoms with E-state index in [2.05, 4.69) is 11.0 Å². The summed E-state index contributed by atoms with van der Waals surface area (Å²) in [4.78, 5) is 29.3. The summed E-state index contributed by atoms with van der Waals surface area (Å²) in [6, 6.07) is 3.70. The Morgan fingerprint density at radius 3 is 2.62 bits per heavy atom. The average molecular weight is 348 g/mol. The predicted octanol–water partition coefficient (Wildman–Crippen LogP) is 2.43. The van der Waals surface area contributed by atoms with Crippen LogP contribution in [0.25, 0.3) is 0 Å². The molecule has 3 aliphatic rings. The van der Waals surface area contributed by atoms with Crippen molar-refractivity contribution in [2.75, 3.05) is 19.6 Å². The van der Waals surface area contributed by atoms with Crippen LogP contribution in [0, 0.1) is 11.3 Å². The molecule has 1 aromatic rings. The molecule has 1 atom stereocenters. The van der Waals surface area contributed by atoms with Crippen LogP contribution in [0.2, 0.25) is 0 Å². The number of amides is 1. The van der Waals surface area contributed by atoms with Gasteiger partial charge in [0.05, 0.1) is 0 Å². The summed E-state index contributed by atoms with van der Waals surface area (Å²) in [5, 5.41) is 11.7. The van der Waals surface area contributed by atoms with E-state index in [0.29, 0.717) is 5.91 Å². The number of hydrogen-bond donors (Lipinski definition) is 1. The first-order valence-corrected chi connectivity index (χ1v) is 9.72. The smallest absolute Gasteiger partial charge is 0.320 e. The summed E-state index contributed by atoms with van der Waals surface area (Å²) in [6.45, 7) is 3.16. The molecule has 24 heavy (non-hydrogen) atoms. The van der Waals surface area contributed by atoms with Gasteiger partial charge in [-0.3, -0.25) is 14.5 Å². The van der Waals surface area contributed by atoms with Gasteiger partial charge in [-0.25, -0.2) is 0 Å². The Morgan fingerprint density at radius 1 is 1.29 bits per heavy atom. The summed E-state index contributed by atoms with van der Waals surface area (Å²) < 4.78 is 0. The van der Waals surface area contributed by atoms with Crippen molar-refractivity contribution in [1.29, 1.82) is 0 Å². The van der Waals surface area contributed by atoms with Gasteiger partial charge < -0.3 is 10.0 Å². The molecule has 2 saturated heterocycles. The van der Waals surface area contributed by atoms with Crippen molar-refractivity contribution in [3.63, 3.8) is 0 Å². The molecule has 0 bridgehead atoms.